The third kappa shape index (κ3) is 4.37. The Balaban J connectivity index is 1.40. The lowest BCUT2D eigenvalue weighted by Gasteiger charge is -2.18. The van der Waals surface area contributed by atoms with E-state index in [0.717, 1.165) is 59.2 Å². The van der Waals surface area contributed by atoms with Gasteiger partial charge in [0.15, 0.2) is 0 Å². The molecule has 1 aromatic carbocycles. The van der Waals surface area contributed by atoms with Crippen molar-refractivity contribution >= 4 is 44.9 Å². The number of thioether (sulfide) groups is 1. The van der Waals surface area contributed by atoms with Gasteiger partial charge >= 0.3 is 6.18 Å². The lowest BCUT2D eigenvalue weighted by molar-refractivity contribution is -0.137. The van der Waals surface area contributed by atoms with Crippen LogP contribution in [0, 0.1) is 5.92 Å². The van der Waals surface area contributed by atoms with Gasteiger partial charge in [-0.15, -0.1) is 11.3 Å². The van der Waals surface area contributed by atoms with Crippen LogP contribution in [0.2, 0.25) is 0 Å². The number of para-hydroxylation sites is 1. The molecule has 0 bridgehead atoms. The summed E-state index contributed by atoms with van der Waals surface area (Å²) in [5, 5.41) is 4.24. The lowest BCUT2D eigenvalue weighted by Crippen LogP contribution is -2.18. The number of fused-ring (bicyclic) bond motifs is 3. The maximum absolute atomic E-state index is 13.2. The molecule has 4 nitrogen and oxygen atoms in total. The van der Waals surface area contributed by atoms with Gasteiger partial charge in [0.1, 0.15) is 15.7 Å². The van der Waals surface area contributed by atoms with Gasteiger partial charge in [-0.05, 0) is 55.7 Å². The number of carbonyl (C=O) groups excluding carboxylic acids is 1. The number of thiophene rings is 1. The molecule has 0 saturated heterocycles. The number of alkyl halides is 3. The number of hydrogen-bond acceptors (Lipinski definition) is 5. The molecule has 5 rings (SSSR count). The van der Waals surface area contributed by atoms with Gasteiger partial charge in [-0.1, -0.05) is 30.8 Å². The molecule has 0 unspecified atom stereocenters. The van der Waals surface area contributed by atoms with E-state index >= 15 is 0 Å². The van der Waals surface area contributed by atoms with Crippen LogP contribution in [0.25, 0.3) is 10.2 Å². The highest BCUT2D eigenvalue weighted by atomic mass is 32.2. The van der Waals surface area contributed by atoms with Crippen molar-refractivity contribution < 1.29 is 18.0 Å². The number of nitrogens with zero attached hydrogens (tertiary/aromatic N) is 2. The number of hydrogen-bond donors (Lipinski definition) is 1. The molecule has 2 heterocycles. The number of aromatic nitrogens is 2. The third-order valence-corrected chi connectivity index (χ3v) is 8.05. The van der Waals surface area contributed by atoms with E-state index in [1.807, 2.05) is 0 Å². The number of amides is 1. The first-order chi connectivity index (χ1) is 15.3. The van der Waals surface area contributed by atoms with Crippen LogP contribution in [0.15, 0.2) is 29.3 Å². The highest BCUT2D eigenvalue weighted by Crippen LogP contribution is 2.44. The molecular formula is C23H22F3N3OS2. The summed E-state index contributed by atoms with van der Waals surface area (Å²) in [7, 11) is 0. The molecule has 1 amide bonds. The van der Waals surface area contributed by atoms with E-state index in [2.05, 4.69) is 12.2 Å². The van der Waals surface area contributed by atoms with Crippen molar-refractivity contribution in [3.63, 3.8) is 0 Å². The Kier molecular flexibility index (Phi) is 5.65. The number of anilines is 1. The summed E-state index contributed by atoms with van der Waals surface area (Å²) in [5.74, 6) is 1.36. The molecule has 0 radical (unpaired) electrons. The van der Waals surface area contributed by atoms with Gasteiger partial charge < -0.3 is 5.32 Å². The van der Waals surface area contributed by atoms with Crippen LogP contribution in [0.3, 0.4) is 0 Å². The molecule has 32 heavy (non-hydrogen) atoms. The SMILES string of the molecule is C[C@@H]1CCc2c(sc3nc(C4CC4)nc(SCC(=O)Nc4ccccc4C(F)(F)F)c23)C1. The molecular weight excluding hydrogens is 455 g/mol. The standard InChI is InChI=1S/C23H22F3N3OS2/c1-12-6-9-14-17(10-12)32-22-19(14)21(28-20(29-22)13-7-8-13)31-11-18(30)27-16-5-3-2-4-15(16)23(24,25)26/h2-5,12-13H,6-11H2,1H3,(H,27,30)/t12-/m1/s1. The van der Waals surface area contributed by atoms with Gasteiger partial charge in [-0.3, -0.25) is 4.79 Å². The summed E-state index contributed by atoms with van der Waals surface area (Å²) < 4.78 is 39.7. The summed E-state index contributed by atoms with van der Waals surface area (Å²) in [5.41, 5.74) is 0.217. The Morgan fingerprint density at radius 1 is 1.22 bits per heavy atom. The second kappa shape index (κ2) is 8.33. The largest absolute Gasteiger partial charge is 0.418 e. The summed E-state index contributed by atoms with van der Waals surface area (Å²) in [6.45, 7) is 2.26. The Bertz CT molecular complexity index is 1190. The van der Waals surface area contributed by atoms with Crippen molar-refractivity contribution in [3.8, 4) is 0 Å². The number of halogens is 3. The van der Waals surface area contributed by atoms with Crippen LogP contribution < -0.4 is 5.32 Å². The Morgan fingerprint density at radius 3 is 2.75 bits per heavy atom. The first-order valence-corrected chi connectivity index (χ1v) is 12.5. The smallest absolute Gasteiger partial charge is 0.325 e. The van der Waals surface area contributed by atoms with Crippen molar-refractivity contribution in [1.82, 2.24) is 9.97 Å². The third-order valence-electron chi connectivity index (χ3n) is 5.93. The van der Waals surface area contributed by atoms with E-state index in [9.17, 15) is 18.0 Å². The molecule has 9 heteroatoms. The Morgan fingerprint density at radius 2 is 2.00 bits per heavy atom. The summed E-state index contributed by atoms with van der Waals surface area (Å²) in [4.78, 5) is 24.5. The van der Waals surface area contributed by atoms with Crippen LogP contribution in [0.1, 0.15) is 53.9 Å². The number of aryl methyl sites for hydroxylation is 1. The molecule has 2 aliphatic rings. The van der Waals surface area contributed by atoms with Gasteiger partial charge in [-0.25, -0.2) is 9.97 Å². The topological polar surface area (TPSA) is 54.9 Å². The predicted molar refractivity (Wildman–Crippen MR) is 121 cm³/mol. The van der Waals surface area contributed by atoms with Gasteiger partial charge in [0.25, 0.3) is 0 Å². The van der Waals surface area contributed by atoms with Crippen molar-refractivity contribution in [2.75, 3.05) is 11.1 Å². The highest BCUT2D eigenvalue weighted by molar-refractivity contribution is 8.00. The van der Waals surface area contributed by atoms with Crippen LogP contribution in [-0.2, 0) is 23.8 Å². The number of benzene rings is 1. The zero-order valence-corrected chi connectivity index (χ0v) is 19.1. The van der Waals surface area contributed by atoms with Crippen LogP contribution in [0.4, 0.5) is 18.9 Å². The zero-order valence-electron chi connectivity index (χ0n) is 17.5. The molecule has 168 valence electrons. The monoisotopic (exact) mass is 477 g/mol. The zero-order chi connectivity index (χ0) is 22.5. The van der Waals surface area contributed by atoms with Crippen molar-refractivity contribution in [2.24, 2.45) is 5.92 Å². The average Bonchev–Trinajstić information content (AvgIpc) is 3.52. The van der Waals surface area contributed by atoms with Crippen LogP contribution >= 0.6 is 23.1 Å². The van der Waals surface area contributed by atoms with E-state index < -0.39 is 17.6 Å². The first kappa shape index (κ1) is 21.7. The number of nitrogens with one attached hydrogen (secondary N) is 1. The fourth-order valence-corrected chi connectivity index (χ4v) is 6.43. The molecule has 1 atom stereocenters. The maximum atomic E-state index is 13.2. The van der Waals surface area contributed by atoms with E-state index in [4.69, 9.17) is 9.97 Å². The molecule has 0 spiro atoms. The summed E-state index contributed by atoms with van der Waals surface area (Å²) in [6, 6.07) is 5.03. The highest BCUT2D eigenvalue weighted by Gasteiger charge is 2.34. The normalized spacial score (nSPS) is 18.6. The van der Waals surface area contributed by atoms with Gasteiger partial charge in [-0.2, -0.15) is 13.2 Å². The number of carbonyl (C=O) groups is 1. The molecule has 1 N–H and O–H groups in total. The van der Waals surface area contributed by atoms with Crippen molar-refractivity contribution in [1.29, 1.82) is 0 Å². The van der Waals surface area contributed by atoms with Crippen molar-refractivity contribution in [3.05, 3.63) is 46.1 Å². The van der Waals surface area contributed by atoms with E-state index in [-0.39, 0.29) is 11.4 Å². The molecule has 3 aromatic rings. The average molecular weight is 478 g/mol. The van der Waals surface area contributed by atoms with Gasteiger partial charge in [0.05, 0.1) is 17.0 Å². The van der Waals surface area contributed by atoms with Crippen LogP contribution in [0.5, 0.6) is 0 Å². The van der Waals surface area contributed by atoms with E-state index in [1.54, 1.807) is 11.3 Å². The first-order valence-electron chi connectivity index (χ1n) is 10.7. The molecule has 2 aliphatic carbocycles. The second-order valence-electron chi connectivity index (χ2n) is 8.57. The van der Waals surface area contributed by atoms with Gasteiger partial charge in [0, 0.05) is 16.2 Å². The molecule has 2 aromatic heterocycles. The molecule has 1 saturated carbocycles. The predicted octanol–water partition coefficient (Wildman–Crippen LogP) is 6.44. The van der Waals surface area contributed by atoms with Gasteiger partial charge in [0.2, 0.25) is 5.91 Å². The Hall–Kier alpha value is -2.13. The molecule has 0 aliphatic heterocycles. The van der Waals surface area contributed by atoms with E-state index in [0.29, 0.717) is 11.8 Å². The van der Waals surface area contributed by atoms with Crippen molar-refractivity contribution in [2.45, 2.75) is 56.1 Å². The lowest BCUT2D eigenvalue weighted by atomic mass is 9.89. The van der Waals surface area contributed by atoms with E-state index in [1.165, 1.54) is 40.4 Å². The minimum atomic E-state index is -4.53. The minimum Gasteiger partial charge on any atom is -0.325 e. The molecule has 1 fully saturated rings. The summed E-state index contributed by atoms with van der Waals surface area (Å²) in [6.07, 6.45) is 0.748. The fraction of sp³-hybridized carbons (Fsp3) is 0.435. The minimum absolute atomic E-state index is 0.0105. The maximum Gasteiger partial charge on any atom is 0.418 e. The Labute approximate surface area is 192 Å². The number of rotatable bonds is 5. The van der Waals surface area contributed by atoms with Crippen LogP contribution in [-0.4, -0.2) is 21.6 Å². The second-order valence-corrected chi connectivity index (χ2v) is 10.6. The fourth-order valence-electron chi connectivity index (χ4n) is 4.11. The summed E-state index contributed by atoms with van der Waals surface area (Å²) >= 11 is 3.02. The quantitative estimate of drug-likeness (QED) is 0.339.